The third-order valence-corrected chi connectivity index (χ3v) is 3.45. The van der Waals surface area contributed by atoms with Crippen LogP contribution in [0.3, 0.4) is 0 Å². The van der Waals surface area contributed by atoms with E-state index >= 15 is 0 Å². The van der Waals surface area contributed by atoms with Gasteiger partial charge in [-0.15, -0.1) is 0 Å². The molecule has 0 saturated heterocycles. The van der Waals surface area contributed by atoms with Crippen molar-refractivity contribution < 1.29 is 9.13 Å². The first kappa shape index (κ1) is 15.6. The Morgan fingerprint density at radius 2 is 1.83 bits per heavy atom. The zero-order valence-corrected chi connectivity index (χ0v) is 12.9. The first-order valence-electron chi connectivity index (χ1n) is 7.19. The highest BCUT2D eigenvalue weighted by atomic mass is 19.1. The number of hydrogen-bond donors (Lipinski definition) is 0. The van der Waals surface area contributed by atoms with E-state index in [0.717, 1.165) is 11.1 Å². The van der Waals surface area contributed by atoms with Crippen LogP contribution in [0.2, 0.25) is 0 Å². The molecule has 0 fully saturated rings. The molecule has 0 aliphatic carbocycles. The van der Waals surface area contributed by atoms with Gasteiger partial charge in [-0.2, -0.15) is 5.26 Å². The van der Waals surface area contributed by atoms with Crippen molar-refractivity contribution >= 4 is 0 Å². The molecule has 0 saturated carbocycles. The number of pyridine rings is 1. The van der Waals surface area contributed by atoms with Crippen LogP contribution in [-0.2, 0) is 6.42 Å². The first-order valence-corrected chi connectivity index (χ1v) is 7.19. The van der Waals surface area contributed by atoms with Crippen LogP contribution in [0, 0.1) is 17.1 Å². The molecule has 24 heavy (non-hydrogen) atoms. The summed E-state index contributed by atoms with van der Waals surface area (Å²) in [5.74, 6) is 0.243. The predicted molar refractivity (Wildman–Crippen MR) is 85.7 cm³/mol. The Balaban J connectivity index is 1.95. The average Bonchev–Trinajstić information content (AvgIpc) is 2.62. The van der Waals surface area contributed by atoms with Crippen molar-refractivity contribution in [3.8, 4) is 23.1 Å². The van der Waals surface area contributed by atoms with E-state index in [-0.39, 0.29) is 11.6 Å². The number of nitriles is 1. The second-order valence-electron chi connectivity index (χ2n) is 5.11. The summed E-state index contributed by atoms with van der Waals surface area (Å²) in [6, 6.07) is 10.1. The zero-order chi connectivity index (χ0) is 16.9. The van der Waals surface area contributed by atoms with Crippen LogP contribution in [0.15, 0.2) is 48.9 Å². The summed E-state index contributed by atoms with van der Waals surface area (Å²) in [6.45, 7) is 0. The SMILES string of the molecule is COc1ncc(Cc2cnc(C#N)nc2)cc1-c1cccc(F)c1. The molecule has 0 radical (unpaired) electrons. The van der Waals surface area contributed by atoms with Crippen molar-refractivity contribution in [1.29, 1.82) is 5.26 Å². The first-order chi connectivity index (χ1) is 11.7. The molecular formula is C18H13FN4O. The lowest BCUT2D eigenvalue weighted by Gasteiger charge is -2.10. The molecular weight excluding hydrogens is 307 g/mol. The lowest BCUT2D eigenvalue weighted by molar-refractivity contribution is 0.399. The molecule has 0 atom stereocenters. The molecule has 118 valence electrons. The third kappa shape index (κ3) is 3.36. The predicted octanol–water partition coefficient (Wildman–Crippen LogP) is 3.15. The molecule has 0 aliphatic rings. The van der Waals surface area contributed by atoms with Gasteiger partial charge in [0.25, 0.3) is 0 Å². The van der Waals surface area contributed by atoms with Gasteiger partial charge in [0.1, 0.15) is 11.9 Å². The molecule has 0 aliphatic heterocycles. The Kier molecular flexibility index (Phi) is 4.43. The minimum atomic E-state index is -0.319. The van der Waals surface area contributed by atoms with Crippen molar-refractivity contribution in [2.45, 2.75) is 6.42 Å². The van der Waals surface area contributed by atoms with Crippen molar-refractivity contribution in [1.82, 2.24) is 15.0 Å². The van der Waals surface area contributed by atoms with Crippen LogP contribution in [-0.4, -0.2) is 22.1 Å². The minimum absolute atomic E-state index is 0.132. The van der Waals surface area contributed by atoms with Gasteiger partial charge in [-0.1, -0.05) is 12.1 Å². The highest BCUT2D eigenvalue weighted by Crippen LogP contribution is 2.29. The molecule has 0 amide bonds. The van der Waals surface area contributed by atoms with E-state index in [1.165, 1.54) is 19.2 Å². The van der Waals surface area contributed by atoms with Crippen LogP contribution >= 0.6 is 0 Å². The lowest BCUT2D eigenvalue weighted by atomic mass is 10.0. The molecule has 5 nitrogen and oxygen atoms in total. The maximum atomic E-state index is 13.5. The van der Waals surface area contributed by atoms with E-state index in [2.05, 4.69) is 15.0 Å². The molecule has 0 unspecified atom stereocenters. The smallest absolute Gasteiger partial charge is 0.232 e. The van der Waals surface area contributed by atoms with Gasteiger partial charge in [-0.3, -0.25) is 0 Å². The Morgan fingerprint density at radius 1 is 1.08 bits per heavy atom. The number of ether oxygens (including phenoxy) is 1. The van der Waals surface area contributed by atoms with Gasteiger partial charge in [-0.25, -0.2) is 19.3 Å². The number of methoxy groups -OCH3 is 1. The molecule has 2 heterocycles. The number of benzene rings is 1. The standard InChI is InChI=1S/C18H13FN4O/c1-24-18-16(14-3-2-4-15(19)7-14)6-12(9-23-18)5-13-10-21-17(8-20)22-11-13/h2-4,6-7,9-11H,5H2,1H3. The maximum absolute atomic E-state index is 13.5. The summed E-state index contributed by atoms with van der Waals surface area (Å²) in [5, 5.41) is 8.73. The van der Waals surface area contributed by atoms with Gasteiger partial charge >= 0.3 is 0 Å². The lowest BCUT2D eigenvalue weighted by Crippen LogP contribution is -1.98. The monoisotopic (exact) mass is 320 g/mol. The molecule has 0 spiro atoms. The fourth-order valence-electron chi connectivity index (χ4n) is 2.36. The van der Waals surface area contributed by atoms with E-state index < -0.39 is 0 Å². The van der Waals surface area contributed by atoms with Crippen LogP contribution in [0.25, 0.3) is 11.1 Å². The van der Waals surface area contributed by atoms with E-state index in [9.17, 15) is 4.39 Å². The van der Waals surface area contributed by atoms with E-state index in [1.807, 2.05) is 12.1 Å². The summed E-state index contributed by atoms with van der Waals surface area (Å²) in [7, 11) is 1.53. The zero-order valence-electron chi connectivity index (χ0n) is 12.9. The summed E-state index contributed by atoms with van der Waals surface area (Å²) in [5.41, 5.74) is 3.16. The molecule has 1 aromatic carbocycles. The van der Waals surface area contributed by atoms with Crippen LogP contribution in [0.4, 0.5) is 4.39 Å². The minimum Gasteiger partial charge on any atom is -0.481 e. The third-order valence-electron chi connectivity index (χ3n) is 3.45. The number of hydrogen-bond acceptors (Lipinski definition) is 5. The number of aromatic nitrogens is 3. The van der Waals surface area contributed by atoms with Crippen molar-refractivity contribution in [3.63, 3.8) is 0 Å². The molecule has 0 bridgehead atoms. The van der Waals surface area contributed by atoms with Gasteiger partial charge in [-0.05, 0) is 34.9 Å². The van der Waals surface area contributed by atoms with Crippen LogP contribution in [0.5, 0.6) is 5.88 Å². The largest absolute Gasteiger partial charge is 0.481 e. The molecule has 6 heteroatoms. The number of rotatable bonds is 4. The Bertz CT molecular complexity index is 904. The van der Waals surface area contributed by atoms with E-state index in [1.54, 1.807) is 30.7 Å². The Morgan fingerprint density at radius 3 is 2.50 bits per heavy atom. The van der Waals surface area contributed by atoms with Crippen molar-refractivity contribution in [3.05, 3.63) is 71.7 Å². The maximum Gasteiger partial charge on any atom is 0.232 e. The van der Waals surface area contributed by atoms with Gasteiger partial charge in [0.2, 0.25) is 11.7 Å². The van der Waals surface area contributed by atoms with Crippen molar-refractivity contribution in [2.24, 2.45) is 0 Å². The molecule has 2 aromatic heterocycles. The number of nitrogens with zero attached hydrogens (tertiary/aromatic N) is 4. The second-order valence-corrected chi connectivity index (χ2v) is 5.11. The van der Waals surface area contributed by atoms with E-state index in [0.29, 0.717) is 23.4 Å². The molecule has 3 rings (SSSR count). The van der Waals surface area contributed by atoms with Gasteiger partial charge in [0, 0.05) is 30.6 Å². The topological polar surface area (TPSA) is 71.7 Å². The highest BCUT2D eigenvalue weighted by Gasteiger charge is 2.10. The van der Waals surface area contributed by atoms with Crippen LogP contribution in [0.1, 0.15) is 17.0 Å². The molecule has 3 aromatic rings. The van der Waals surface area contributed by atoms with E-state index in [4.69, 9.17) is 10.00 Å². The van der Waals surface area contributed by atoms with Crippen molar-refractivity contribution in [2.75, 3.05) is 7.11 Å². The normalized spacial score (nSPS) is 10.2. The second kappa shape index (κ2) is 6.84. The Labute approximate surface area is 138 Å². The summed E-state index contributed by atoms with van der Waals surface area (Å²) >= 11 is 0. The summed E-state index contributed by atoms with van der Waals surface area (Å²) in [6.07, 6.45) is 5.46. The Hall–Kier alpha value is -3.33. The van der Waals surface area contributed by atoms with Gasteiger partial charge in [0.15, 0.2) is 0 Å². The van der Waals surface area contributed by atoms with Gasteiger partial charge < -0.3 is 4.74 Å². The average molecular weight is 320 g/mol. The quantitative estimate of drug-likeness (QED) is 0.738. The van der Waals surface area contributed by atoms with Crippen LogP contribution < -0.4 is 4.74 Å². The van der Waals surface area contributed by atoms with Gasteiger partial charge in [0.05, 0.1) is 7.11 Å². The summed E-state index contributed by atoms with van der Waals surface area (Å²) in [4.78, 5) is 12.2. The molecule has 0 N–H and O–H groups in total. The number of halogens is 1. The fraction of sp³-hybridized carbons (Fsp3) is 0.111. The highest BCUT2D eigenvalue weighted by molar-refractivity contribution is 5.69. The summed E-state index contributed by atoms with van der Waals surface area (Å²) < 4.78 is 18.8. The fourth-order valence-corrected chi connectivity index (χ4v) is 2.36.